The van der Waals surface area contributed by atoms with Crippen LogP contribution in [0.5, 0.6) is 23.0 Å². The average molecular weight is 494 g/mol. The molecule has 9 nitrogen and oxygen atoms in total. The highest BCUT2D eigenvalue weighted by atomic mass is 16.5. The molecule has 3 aromatic rings. The molecule has 0 aliphatic rings. The Bertz CT molecular complexity index is 1140. The summed E-state index contributed by atoms with van der Waals surface area (Å²) in [6.45, 7) is 0.589. The van der Waals surface area contributed by atoms with E-state index in [2.05, 4.69) is 4.98 Å². The van der Waals surface area contributed by atoms with Gasteiger partial charge in [-0.3, -0.25) is 9.59 Å². The largest absolute Gasteiger partial charge is 0.497 e. The number of carbonyl (C=O) groups excluding carboxylic acids is 2. The fourth-order valence-corrected chi connectivity index (χ4v) is 3.68. The zero-order valence-electron chi connectivity index (χ0n) is 21.4. The summed E-state index contributed by atoms with van der Waals surface area (Å²) in [5, 5.41) is 0. The molecule has 0 fully saturated rings. The Kier molecular flexibility index (Phi) is 8.72. The maximum atomic E-state index is 13.1. The van der Waals surface area contributed by atoms with Gasteiger partial charge in [0.1, 0.15) is 34.4 Å². The maximum Gasteiger partial charge on any atom is 0.272 e. The first-order chi connectivity index (χ1) is 17.3. The van der Waals surface area contributed by atoms with E-state index in [0.29, 0.717) is 36.1 Å². The monoisotopic (exact) mass is 493 g/mol. The molecule has 0 radical (unpaired) electrons. The van der Waals surface area contributed by atoms with Gasteiger partial charge in [-0.05, 0) is 36.4 Å². The molecule has 1 aromatic heterocycles. The lowest BCUT2D eigenvalue weighted by atomic mass is 10.1. The lowest BCUT2D eigenvalue weighted by Crippen LogP contribution is -2.30. The number of ether oxygens (including phenoxy) is 4. The van der Waals surface area contributed by atoms with Crippen molar-refractivity contribution in [2.24, 2.45) is 0 Å². The number of methoxy groups -OCH3 is 4. The molecule has 0 bridgehead atoms. The SMILES string of the molecule is COc1ccc(CN(C)C(=O)c2cccc(C(=O)N(C)Cc3ccc(OC)cc3OC)n2)c(OC)c1. The summed E-state index contributed by atoms with van der Waals surface area (Å²) in [6, 6.07) is 15.7. The minimum Gasteiger partial charge on any atom is -0.497 e. The molecule has 2 aromatic carbocycles. The molecule has 0 aliphatic heterocycles. The Morgan fingerprint density at radius 2 is 1.08 bits per heavy atom. The van der Waals surface area contributed by atoms with Gasteiger partial charge in [0, 0.05) is 50.4 Å². The first-order valence-corrected chi connectivity index (χ1v) is 11.2. The van der Waals surface area contributed by atoms with Gasteiger partial charge in [-0.15, -0.1) is 0 Å². The Balaban J connectivity index is 1.74. The Morgan fingerprint density at radius 1 is 0.667 bits per heavy atom. The Hall–Kier alpha value is -4.27. The van der Waals surface area contributed by atoms with Crippen molar-refractivity contribution >= 4 is 11.8 Å². The van der Waals surface area contributed by atoms with Crippen LogP contribution in [0.2, 0.25) is 0 Å². The van der Waals surface area contributed by atoms with Crippen molar-refractivity contribution in [2.75, 3.05) is 42.5 Å². The highest BCUT2D eigenvalue weighted by Gasteiger charge is 2.20. The number of rotatable bonds is 10. The van der Waals surface area contributed by atoms with E-state index in [-0.39, 0.29) is 23.2 Å². The molecule has 9 heteroatoms. The molecule has 190 valence electrons. The third-order valence-electron chi connectivity index (χ3n) is 5.68. The lowest BCUT2D eigenvalue weighted by Gasteiger charge is -2.20. The topological polar surface area (TPSA) is 90.4 Å². The van der Waals surface area contributed by atoms with Gasteiger partial charge in [-0.2, -0.15) is 0 Å². The molecule has 0 N–H and O–H groups in total. The quantitative estimate of drug-likeness (QED) is 0.426. The summed E-state index contributed by atoms with van der Waals surface area (Å²) >= 11 is 0. The van der Waals surface area contributed by atoms with Crippen LogP contribution in [0.4, 0.5) is 0 Å². The second kappa shape index (κ2) is 11.9. The number of benzene rings is 2. The van der Waals surface area contributed by atoms with E-state index in [4.69, 9.17) is 18.9 Å². The molecule has 0 atom stereocenters. The summed E-state index contributed by atoms with van der Waals surface area (Å²) in [7, 11) is 9.63. The van der Waals surface area contributed by atoms with Crippen LogP contribution in [0.15, 0.2) is 54.6 Å². The molecular formula is C27H31N3O6. The summed E-state index contributed by atoms with van der Waals surface area (Å²) in [5.74, 6) is 1.91. The lowest BCUT2D eigenvalue weighted by molar-refractivity contribution is 0.0771. The first-order valence-electron chi connectivity index (χ1n) is 11.2. The summed E-state index contributed by atoms with van der Waals surface area (Å²) in [5.41, 5.74) is 1.97. The highest BCUT2D eigenvalue weighted by molar-refractivity contribution is 5.96. The zero-order chi connectivity index (χ0) is 26.2. The fraction of sp³-hybridized carbons (Fsp3) is 0.296. The second-order valence-corrected chi connectivity index (χ2v) is 8.09. The van der Waals surface area contributed by atoms with E-state index in [0.717, 1.165) is 11.1 Å². The average Bonchev–Trinajstić information content (AvgIpc) is 2.92. The molecule has 3 rings (SSSR count). The van der Waals surface area contributed by atoms with Crippen molar-refractivity contribution in [2.45, 2.75) is 13.1 Å². The van der Waals surface area contributed by atoms with Gasteiger partial charge in [0.2, 0.25) is 0 Å². The van der Waals surface area contributed by atoms with Gasteiger partial charge >= 0.3 is 0 Å². The summed E-state index contributed by atoms with van der Waals surface area (Å²) < 4.78 is 21.3. The number of carbonyl (C=O) groups is 2. The second-order valence-electron chi connectivity index (χ2n) is 8.09. The molecule has 36 heavy (non-hydrogen) atoms. The molecule has 2 amide bonds. The van der Waals surface area contributed by atoms with Gasteiger partial charge in [0.05, 0.1) is 28.4 Å². The number of amides is 2. The van der Waals surface area contributed by atoms with Gasteiger partial charge in [-0.25, -0.2) is 4.98 Å². The predicted molar refractivity (Wildman–Crippen MR) is 135 cm³/mol. The van der Waals surface area contributed by atoms with E-state index in [1.165, 1.54) is 9.80 Å². The van der Waals surface area contributed by atoms with Crippen LogP contribution >= 0.6 is 0 Å². The number of aromatic nitrogens is 1. The van der Waals surface area contributed by atoms with E-state index >= 15 is 0 Å². The molecule has 1 heterocycles. The van der Waals surface area contributed by atoms with E-state index in [1.807, 2.05) is 12.1 Å². The third kappa shape index (κ3) is 6.04. The Morgan fingerprint density at radius 3 is 1.44 bits per heavy atom. The van der Waals surface area contributed by atoms with Crippen LogP contribution in [0.1, 0.15) is 32.1 Å². The highest BCUT2D eigenvalue weighted by Crippen LogP contribution is 2.27. The fourth-order valence-electron chi connectivity index (χ4n) is 3.68. The minimum atomic E-state index is -0.318. The van der Waals surface area contributed by atoms with Gasteiger partial charge in [-0.1, -0.05) is 6.07 Å². The number of pyridine rings is 1. The number of hydrogen-bond donors (Lipinski definition) is 0. The van der Waals surface area contributed by atoms with Crippen molar-refractivity contribution in [3.63, 3.8) is 0 Å². The normalized spacial score (nSPS) is 10.4. The summed E-state index contributed by atoms with van der Waals surface area (Å²) in [6.07, 6.45) is 0. The number of hydrogen-bond acceptors (Lipinski definition) is 7. The van der Waals surface area contributed by atoms with E-state index < -0.39 is 0 Å². The molecule has 0 saturated heterocycles. The van der Waals surface area contributed by atoms with Crippen molar-refractivity contribution < 1.29 is 28.5 Å². The molecule has 0 spiro atoms. The first kappa shape index (κ1) is 26.3. The van der Waals surface area contributed by atoms with Gasteiger partial charge in [0.15, 0.2) is 0 Å². The smallest absolute Gasteiger partial charge is 0.272 e. The van der Waals surface area contributed by atoms with Crippen molar-refractivity contribution in [1.29, 1.82) is 0 Å². The standard InChI is InChI=1S/C27H31N3O6/c1-29(16-18-10-12-20(33-3)14-24(18)35-5)26(31)22-8-7-9-23(28-22)27(32)30(2)17-19-11-13-21(34-4)15-25(19)36-6/h7-15H,16-17H2,1-6H3. The Labute approximate surface area is 211 Å². The van der Waals surface area contributed by atoms with Crippen molar-refractivity contribution in [1.82, 2.24) is 14.8 Å². The number of nitrogens with zero attached hydrogens (tertiary/aromatic N) is 3. The molecular weight excluding hydrogens is 462 g/mol. The molecule has 0 aliphatic carbocycles. The minimum absolute atomic E-state index is 0.172. The van der Waals surface area contributed by atoms with Gasteiger partial charge in [0.25, 0.3) is 11.8 Å². The zero-order valence-corrected chi connectivity index (χ0v) is 21.4. The van der Waals surface area contributed by atoms with Crippen LogP contribution in [0, 0.1) is 0 Å². The predicted octanol–water partition coefficient (Wildman–Crippen LogP) is 3.66. The van der Waals surface area contributed by atoms with Crippen LogP contribution in [-0.2, 0) is 13.1 Å². The maximum absolute atomic E-state index is 13.1. The van der Waals surface area contributed by atoms with Crippen molar-refractivity contribution in [3.8, 4) is 23.0 Å². The summed E-state index contributed by atoms with van der Waals surface area (Å²) in [4.78, 5) is 33.6. The van der Waals surface area contributed by atoms with Crippen LogP contribution in [0.3, 0.4) is 0 Å². The van der Waals surface area contributed by atoms with Crippen molar-refractivity contribution in [3.05, 3.63) is 77.1 Å². The third-order valence-corrected chi connectivity index (χ3v) is 5.68. The van der Waals surface area contributed by atoms with E-state index in [1.54, 1.807) is 85.0 Å². The molecule has 0 saturated carbocycles. The van der Waals surface area contributed by atoms with Crippen LogP contribution in [0.25, 0.3) is 0 Å². The van der Waals surface area contributed by atoms with Crippen LogP contribution < -0.4 is 18.9 Å². The molecule has 0 unspecified atom stereocenters. The van der Waals surface area contributed by atoms with E-state index in [9.17, 15) is 9.59 Å². The van der Waals surface area contributed by atoms with Crippen LogP contribution in [-0.4, -0.2) is 69.1 Å². The van der Waals surface area contributed by atoms with Gasteiger partial charge < -0.3 is 28.7 Å².